The summed E-state index contributed by atoms with van der Waals surface area (Å²) in [7, 11) is 0. The molecule has 0 saturated heterocycles. The van der Waals surface area contributed by atoms with Crippen molar-refractivity contribution in [1.82, 2.24) is 15.3 Å². The van der Waals surface area contributed by atoms with Crippen molar-refractivity contribution in [3.8, 4) is 11.6 Å². The second-order valence-corrected chi connectivity index (χ2v) is 3.92. The summed E-state index contributed by atoms with van der Waals surface area (Å²) < 4.78 is 5.18. The van der Waals surface area contributed by atoms with E-state index >= 15 is 0 Å². The molecular formula is C12H13N3O3. The molecule has 94 valence electrons. The van der Waals surface area contributed by atoms with Gasteiger partial charge in [-0.05, 0) is 6.92 Å². The number of hydrogen-bond donors (Lipinski definition) is 2. The molecule has 0 aliphatic rings. The van der Waals surface area contributed by atoms with Crippen molar-refractivity contribution >= 4 is 5.91 Å². The molecule has 0 unspecified atom stereocenters. The van der Waals surface area contributed by atoms with E-state index in [0.717, 1.165) is 0 Å². The minimum atomic E-state index is -0.201. The fourth-order valence-electron chi connectivity index (χ4n) is 1.63. The van der Waals surface area contributed by atoms with Gasteiger partial charge < -0.3 is 14.7 Å². The summed E-state index contributed by atoms with van der Waals surface area (Å²) in [5, 5.41) is 2.60. The molecule has 6 heteroatoms. The first-order valence-electron chi connectivity index (χ1n) is 5.45. The van der Waals surface area contributed by atoms with Gasteiger partial charge in [0.05, 0.1) is 6.20 Å². The molecule has 0 saturated carbocycles. The molecular weight excluding hydrogens is 234 g/mol. The number of aromatic amines is 1. The van der Waals surface area contributed by atoms with Gasteiger partial charge in [0.1, 0.15) is 12.0 Å². The summed E-state index contributed by atoms with van der Waals surface area (Å²) in [5.74, 6) is 0.129. The van der Waals surface area contributed by atoms with Gasteiger partial charge in [-0.25, -0.2) is 4.98 Å². The molecule has 0 bridgehead atoms. The number of pyridine rings is 1. The number of aromatic nitrogens is 2. The maximum Gasteiger partial charge on any atom is 0.243 e. The van der Waals surface area contributed by atoms with Gasteiger partial charge in [-0.3, -0.25) is 9.59 Å². The lowest BCUT2D eigenvalue weighted by molar-refractivity contribution is -0.119. The Hall–Kier alpha value is -2.37. The van der Waals surface area contributed by atoms with Gasteiger partial charge in [-0.2, -0.15) is 0 Å². The Bertz CT molecular complexity index is 614. The van der Waals surface area contributed by atoms with Crippen molar-refractivity contribution in [3.63, 3.8) is 0 Å². The summed E-state index contributed by atoms with van der Waals surface area (Å²) in [4.78, 5) is 29.9. The topological polar surface area (TPSA) is 88.0 Å². The first-order valence-corrected chi connectivity index (χ1v) is 5.45. The Morgan fingerprint density at radius 1 is 1.56 bits per heavy atom. The van der Waals surface area contributed by atoms with Crippen LogP contribution in [0.1, 0.15) is 18.2 Å². The Morgan fingerprint density at radius 2 is 2.33 bits per heavy atom. The van der Waals surface area contributed by atoms with Crippen molar-refractivity contribution in [2.24, 2.45) is 0 Å². The molecule has 0 aliphatic carbocycles. The van der Waals surface area contributed by atoms with Crippen LogP contribution in [0.15, 0.2) is 27.7 Å². The first-order chi connectivity index (χ1) is 8.58. The van der Waals surface area contributed by atoms with E-state index < -0.39 is 0 Å². The Morgan fingerprint density at radius 3 is 2.94 bits per heavy atom. The number of oxazole rings is 1. The zero-order valence-electron chi connectivity index (χ0n) is 10.1. The zero-order valence-corrected chi connectivity index (χ0v) is 10.1. The second-order valence-electron chi connectivity index (χ2n) is 3.92. The van der Waals surface area contributed by atoms with Gasteiger partial charge in [0.15, 0.2) is 5.43 Å². The van der Waals surface area contributed by atoms with Gasteiger partial charge in [-0.1, -0.05) is 0 Å². The fourth-order valence-corrected chi connectivity index (χ4v) is 1.63. The summed E-state index contributed by atoms with van der Waals surface area (Å²) in [5.41, 5.74) is 1.48. The monoisotopic (exact) mass is 247 g/mol. The first kappa shape index (κ1) is 12.1. The van der Waals surface area contributed by atoms with Gasteiger partial charge in [-0.15, -0.1) is 0 Å². The van der Waals surface area contributed by atoms with Crippen LogP contribution in [0.2, 0.25) is 0 Å². The lowest BCUT2D eigenvalue weighted by Gasteiger charge is -2.07. The molecule has 2 heterocycles. The summed E-state index contributed by atoms with van der Waals surface area (Å²) in [6.45, 7) is 3.31. The predicted molar refractivity (Wildman–Crippen MR) is 64.8 cm³/mol. The molecule has 18 heavy (non-hydrogen) atoms. The lowest BCUT2D eigenvalue weighted by atomic mass is 10.1. The van der Waals surface area contributed by atoms with Crippen LogP contribution in [0.5, 0.6) is 0 Å². The Kier molecular flexibility index (Phi) is 3.27. The number of H-pyrrole nitrogens is 1. The number of nitrogens with zero attached hydrogens (tertiary/aromatic N) is 1. The number of nitrogens with one attached hydrogen (secondary N) is 2. The molecule has 0 fully saturated rings. The number of hydrogen-bond acceptors (Lipinski definition) is 4. The van der Waals surface area contributed by atoms with Gasteiger partial charge in [0, 0.05) is 30.8 Å². The quantitative estimate of drug-likeness (QED) is 0.846. The molecule has 0 radical (unpaired) electrons. The highest BCUT2D eigenvalue weighted by Gasteiger charge is 2.14. The normalized spacial score (nSPS) is 10.3. The highest BCUT2D eigenvalue weighted by atomic mass is 16.3. The van der Waals surface area contributed by atoms with Crippen LogP contribution in [0.25, 0.3) is 11.6 Å². The number of aryl methyl sites for hydroxylation is 1. The van der Waals surface area contributed by atoms with Crippen LogP contribution in [0.3, 0.4) is 0 Å². The zero-order chi connectivity index (χ0) is 13.1. The van der Waals surface area contributed by atoms with E-state index in [-0.39, 0.29) is 17.9 Å². The van der Waals surface area contributed by atoms with Crippen molar-refractivity contribution in [3.05, 3.63) is 40.0 Å². The highest BCUT2D eigenvalue weighted by molar-refractivity contribution is 5.73. The Balaban J connectivity index is 2.49. The van der Waals surface area contributed by atoms with E-state index in [0.29, 0.717) is 22.8 Å². The lowest BCUT2D eigenvalue weighted by Crippen LogP contribution is -2.24. The van der Waals surface area contributed by atoms with E-state index in [2.05, 4.69) is 15.3 Å². The SMILES string of the molecule is CC(=O)NCc1c(-c2ncco2)[nH]c(C)cc1=O. The maximum atomic E-state index is 11.9. The van der Waals surface area contributed by atoms with Crippen LogP contribution in [-0.4, -0.2) is 15.9 Å². The van der Waals surface area contributed by atoms with Crippen molar-refractivity contribution in [1.29, 1.82) is 0 Å². The highest BCUT2D eigenvalue weighted by Crippen LogP contribution is 2.17. The molecule has 6 nitrogen and oxygen atoms in total. The van der Waals surface area contributed by atoms with Gasteiger partial charge in [0.2, 0.25) is 11.8 Å². The predicted octanol–water partition coefficient (Wildman–Crippen LogP) is 0.974. The van der Waals surface area contributed by atoms with E-state index in [9.17, 15) is 9.59 Å². The third kappa shape index (κ3) is 2.48. The minimum Gasteiger partial charge on any atom is -0.443 e. The molecule has 0 atom stereocenters. The average molecular weight is 247 g/mol. The third-order valence-electron chi connectivity index (χ3n) is 2.43. The van der Waals surface area contributed by atoms with E-state index in [1.165, 1.54) is 25.5 Å². The number of rotatable bonds is 3. The smallest absolute Gasteiger partial charge is 0.243 e. The van der Waals surface area contributed by atoms with Crippen molar-refractivity contribution in [2.75, 3.05) is 0 Å². The standard InChI is InChI=1S/C12H13N3O3/c1-7-5-10(17)9(6-14-8(2)16)11(15-7)12-13-3-4-18-12/h3-5H,6H2,1-2H3,(H,14,16)(H,15,17). The molecule has 2 aromatic heterocycles. The van der Waals surface area contributed by atoms with Crippen LogP contribution in [0.4, 0.5) is 0 Å². The minimum absolute atomic E-state index is 0.142. The van der Waals surface area contributed by atoms with Crippen LogP contribution in [0, 0.1) is 6.92 Å². The Labute approximate surface area is 103 Å². The van der Waals surface area contributed by atoms with Crippen LogP contribution < -0.4 is 10.7 Å². The van der Waals surface area contributed by atoms with Crippen LogP contribution in [-0.2, 0) is 11.3 Å². The van der Waals surface area contributed by atoms with Crippen LogP contribution >= 0.6 is 0 Å². The molecule has 1 amide bonds. The molecule has 2 aromatic rings. The van der Waals surface area contributed by atoms with Gasteiger partial charge >= 0.3 is 0 Å². The number of carbonyl (C=O) groups excluding carboxylic acids is 1. The molecule has 2 rings (SSSR count). The number of carbonyl (C=O) groups is 1. The van der Waals surface area contributed by atoms with E-state index in [1.54, 1.807) is 6.92 Å². The molecule has 0 spiro atoms. The molecule has 2 N–H and O–H groups in total. The third-order valence-corrected chi connectivity index (χ3v) is 2.43. The molecule has 0 aliphatic heterocycles. The molecule has 0 aromatic carbocycles. The largest absolute Gasteiger partial charge is 0.443 e. The average Bonchev–Trinajstić information content (AvgIpc) is 2.79. The summed E-state index contributed by atoms with van der Waals surface area (Å²) >= 11 is 0. The maximum absolute atomic E-state index is 11.9. The summed E-state index contributed by atoms with van der Waals surface area (Å²) in [6, 6.07) is 1.48. The summed E-state index contributed by atoms with van der Waals surface area (Å²) in [6.07, 6.45) is 2.93. The van der Waals surface area contributed by atoms with Gasteiger partial charge in [0.25, 0.3) is 0 Å². The second kappa shape index (κ2) is 4.87. The van der Waals surface area contributed by atoms with E-state index in [4.69, 9.17) is 4.42 Å². The van der Waals surface area contributed by atoms with Crippen molar-refractivity contribution in [2.45, 2.75) is 20.4 Å². The fraction of sp³-hybridized carbons (Fsp3) is 0.250. The number of amides is 1. The van der Waals surface area contributed by atoms with E-state index in [1.807, 2.05) is 0 Å². The van der Waals surface area contributed by atoms with Crippen molar-refractivity contribution < 1.29 is 9.21 Å².